The van der Waals surface area contributed by atoms with E-state index in [2.05, 4.69) is 15.2 Å². The molecule has 0 spiro atoms. The molecule has 7 heteroatoms. The molecule has 0 radical (unpaired) electrons. The minimum Gasteiger partial charge on any atom is -0.411 e. The minimum absolute atomic E-state index is 0.0508. The summed E-state index contributed by atoms with van der Waals surface area (Å²) in [6.45, 7) is 1.54. The molecule has 17 heavy (non-hydrogen) atoms. The summed E-state index contributed by atoms with van der Waals surface area (Å²) in [5.41, 5.74) is 2.30. The number of thiazole rings is 1. The van der Waals surface area contributed by atoms with Crippen molar-refractivity contribution < 1.29 is 9.21 Å². The van der Waals surface area contributed by atoms with Crippen LogP contribution < -0.4 is 0 Å². The summed E-state index contributed by atoms with van der Waals surface area (Å²) < 4.78 is 5.33. The average Bonchev–Trinajstić information content (AvgIpc) is 3.09. The zero-order valence-electron chi connectivity index (χ0n) is 9.00. The van der Waals surface area contributed by atoms with Crippen LogP contribution >= 0.6 is 11.3 Å². The monoisotopic (exact) mass is 250 g/mol. The van der Waals surface area contributed by atoms with Crippen molar-refractivity contribution in [2.45, 2.75) is 12.8 Å². The third-order valence-electron chi connectivity index (χ3n) is 2.65. The molecule has 2 aromatic heterocycles. The van der Waals surface area contributed by atoms with Crippen molar-refractivity contribution in [3.05, 3.63) is 16.8 Å². The summed E-state index contributed by atoms with van der Waals surface area (Å²) in [7, 11) is 0. The van der Waals surface area contributed by atoms with Gasteiger partial charge in [-0.2, -0.15) is 0 Å². The number of carbonyl (C=O) groups is 1. The number of carbonyl (C=O) groups excluding carboxylic acids is 1. The molecule has 0 N–H and O–H groups in total. The van der Waals surface area contributed by atoms with E-state index in [-0.39, 0.29) is 11.8 Å². The van der Waals surface area contributed by atoms with E-state index in [1.807, 2.05) is 0 Å². The fourth-order valence-corrected chi connectivity index (χ4v) is 2.31. The molecule has 1 fully saturated rings. The quantitative estimate of drug-likeness (QED) is 0.806. The molecule has 1 amide bonds. The molecule has 88 valence electrons. The van der Waals surface area contributed by atoms with Crippen molar-refractivity contribution in [3.63, 3.8) is 0 Å². The van der Waals surface area contributed by atoms with Gasteiger partial charge < -0.3 is 9.32 Å². The summed E-state index contributed by atoms with van der Waals surface area (Å²) in [5.74, 6) is 0.167. The van der Waals surface area contributed by atoms with Crippen molar-refractivity contribution in [3.8, 4) is 11.6 Å². The van der Waals surface area contributed by atoms with E-state index in [0.717, 1.165) is 25.9 Å². The van der Waals surface area contributed by atoms with Gasteiger partial charge in [-0.3, -0.25) is 4.79 Å². The maximum absolute atomic E-state index is 11.9. The SMILES string of the molecule is O=C(c1nnc(-c2cscn2)o1)N1CCCC1. The molecule has 3 heterocycles. The Morgan fingerprint density at radius 3 is 2.88 bits per heavy atom. The highest BCUT2D eigenvalue weighted by Crippen LogP contribution is 2.19. The molecule has 0 aliphatic carbocycles. The van der Waals surface area contributed by atoms with E-state index in [9.17, 15) is 4.79 Å². The van der Waals surface area contributed by atoms with E-state index in [1.54, 1.807) is 15.8 Å². The summed E-state index contributed by atoms with van der Waals surface area (Å²) in [6.07, 6.45) is 2.08. The molecule has 0 bridgehead atoms. The Morgan fingerprint density at radius 1 is 1.35 bits per heavy atom. The molecule has 3 rings (SSSR count). The van der Waals surface area contributed by atoms with Crippen LogP contribution in [-0.2, 0) is 0 Å². The van der Waals surface area contributed by atoms with Gasteiger partial charge in [-0.15, -0.1) is 21.5 Å². The highest BCUT2D eigenvalue weighted by Gasteiger charge is 2.24. The molecule has 1 saturated heterocycles. The van der Waals surface area contributed by atoms with Crippen LogP contribution in [0.3, 0.4) is 0 Å². The first-order valence-corrected chi connectivity index (χ1v) is 6.30. The topological polar surface area (TPSA) is 72.1 Å². The predicted molar refractivity (Wildman–Crippen MR) is 60.5 cm³/mol. The van der Waals surface area contributed by atoms with Gasteiger partial charge in [0, 0.05) is 18.5 Å². The van der Waals surface area contributed by atoms with Crippen LogP contribution in [0.2, 0.25) is 0 Å². The Bertz CT molecular complexity index is 516. The number of rotatable bonds is 2. The molecule has 0 aromatic carbocycles. The van der Waals surface area contributed by atoms with E-state index in [1.165, 1.54) is 11.3 Å². The Morgan fingerprint density at radius 2 is 2.18 bits per heavy atom. The molecule has 0 saturated carbocycles. The molecular weight excluding hydrogens is 240 g/mol. The zero-order valence-corrected chi connectivity index (χ0v) is 9.81. The highest BCUT2D eigenvalue weighted by atomic mass is 32.1. The van der Waals surface area contributed by atoms with Crippen molar-refractivity contribution in [1.82, 2.24) is 20.1 Å². The summed E-state index contributed by atoms with van der Waals surface area (Å²) in [4.78, 5) is 17.7. The van der Waals surface area contributed by atoms with Crippen LogP contribution in [0.1, 0.15) is 23.5 Å². The lowest BCUT2D eigenvalue weighted by Gasteiger charge is -2.11. The number of hydrogen-bond donors (Lipinski definition) is 0. The molecule has 0 atom stereocenters. The van der Waals surface area contributed by atoms with E-state index < -0.39 is 0 Å². The zero-order chi connectivity index (χ0) is 11.7. The van der Waals surface area contributed by atoms with Gasteiger partial charge >= 0.3 is 11.8 Å². The molecule has 1 aliphatic heterocycles. The second-order valence-electron chi connectivity index (χ2n) is 3.79. The fourth-order valence-electron chi connectivity index (χ4n) is 1.79. The fraction of sp³-hybridized carbons (Fsp3) is 0.400. The lowest BCUT2D eigenvalue weighted by atomic mass is 10.4. The number of amides is 1. The number of aromatic nitrogens is 3. The maximum Gasteiger partial charge on any atom is 0.311 e. The van der Waals surface area contributed by atoms with Crippen LogP contribution in [0, 0.1) is 0 Å². The lowest BCUT2D eigenvalue weighted by molar-refractivity contribution is 0.0754. The Hall–Kier alpha value is -1.76. The van der Waals surface area contributed by atoms with Crippen LogP contribution in [0.25, 0.3) is 11.6 Å². The maximum atomic E-state index is 11.9. The first-order chi connectivity index (χ1) is 8.34. The number of nitrogens with zero attached hydrogens (tertiary/aromatic N) is 4. The highest BCUT2D eigenvalue weighted by molar-refractivity contribution is 7.07. The number of hydrogen-bond acceptors (Lipinski definition) is 6. The summed E-state index contributed by atoms with van der Waals surface area (Å²) >= 11 is 1.44. The standard InChI is InChI=1S/C10H10N4O2S/c15-10(14-3-1-2-4-14)9-13-12-8(16-9)7-5-17-6-11-7/h5-6H,1-4H2. The normalized spacial score (nSPS) is 15.4. The van der Waals surface area contributed by atoms with E-state index in [4.69, 9.17) is 4.42 Å². The second-order valence-corrected chi connectivity index (χ2v) is 4.50. The molecular formula is C10H10N4O2S. The van der Waals surface area contributed by atoms with Crippen molar-refractivity contribution in [2.75, 3.05) is 13.1 Å². The smallest absolute Gasteiger partial charge is 0.311 e. The van der Waals surface area contributed by atoms with Crippen LogP contribution in [-0.4, -0.2) is 39.1 Å². The average molecular weight is 250 g/mol. The molecule has 1 aliphatic rings. The van der Waals surface area contributed by atoms with Gasteiger partial charge in [-0.05, 0) is 12.8 Å². The second kappa shape index (κ2) is 4.25. The first-order valence-electron chi connectivity index (χ1n) is 5.36. The third-order valence-corrected chi connectivity index (χ3v) is 3.24. The van der Waals surface area contributed by atoms with Crippen LogP contribution in [0.5, 0.6) is 0 Å². The molecule has 6 nitrogen and oxygen atoms in total. The van der Waals surface area contributed by atoms with Gasteiger partial charge in [0.25, 0.3) is 5.89 Å². The van der Waals surface area contributed by atoms with Crippen LogP contribution in [0.15, 0.2) is 15.3 Å². The van der Waals surface area contributed by atoms with Crippen molar-refractivity contribution in [2.24, 2.45) is 0 Å². The van der Waals surface area contributed by atoms with Gasteiger partial charge in [0.2, 0.25) is 0 Å². The lowest BCUT2D eigenvalue weighted by Crippen LogP contribution is -2.27. The third kappa shape index (κ3) is 1.93. The Kier molecular flexibility index (Phi) is 2.60. The summed E-state index contributed by atoms with van der Waals surface area (Å²) in [5, 5.41) is 9.41. The van der Waals surface area contributed by atoms with Crippen molar-refractivity contribution in [1.29, 1.82) is 0 Å². The van der Waals surface area contributed by atoms with Gasteiger partial charge in [-0.1, -0.05) is 0 Å². The molecule has 0 unspecified atom stereocenters. The van der Waals surface area contributed by atoms with E-state index >= 15 is 0 Å². The van der Waals surface area contributed by atoms with Gasteiger partial charge in [0.1, 0.15) is 5.69 Å². The van der Waals surface area contributed by atoms with Gasteiger partial charge in [0.05, 0.1) is 5.51 Å². The van der Waals surface area contributed by atoms with Crippen molar-refractivity contribution >= 4 is 17.2 Å². The Labute approximate surface area is 101 Å². The Balaban J connectivity index is 1.82. The van der Waals surface area contributed by atoms with E-state index in [0.29, 0.717) is 11.6 Å². The molecule has 2 aromatic rings. The largest absolute Gasteiger partial charge is 0.411 e. The number of likely N-dealkylation sites (tertiary alicyclic amines) is 1. The summed E-state index contributed by atoms with van der Waals surface area (Å²) in [6, 6.07) is 0. The predicted octanol–water partition coefficient (Wildman–Crippen LogP) is 1.43. The van der Waals surface area contributed by atoms with Gasteiger partial charge in [-0.25, -0.2) is 4.98 Å². The minimum atomic E-state index is -0.184. The van der Waals surface area contributed by atoms with Crippen LogP contribution in [0.4, 0.5) is 0 Å². The first kappa shape index (κ1) is 10.4. The van der Waals surface area contributed by atoms with Gasteiger partial charge in [0.15, 0.2) is 0 Å².